The molecule has 1 aliphatic heterocycles. The molecule has 2 aromatic heterocycles. The van der Waals surface area contributed by atoms with Gasteiger partial charge in [-0.2, -0.15) is 4.98 Å². The highest BCUT2D eigenvalue weighted by Crippen LogP contribution is 2.28. The minimum absolute atomic E-state index is 0. The molecule has 98 valence electrons. The van der Waals surface area contributed by atoms with Crippen LogP contribution in [0.2, 0.25) is 0 Å². The predicted molar refractivity (Wildman–Crippen MR) is 77.2 cm³/mol. The van der Waals surface area contributed by atoms with E-state index in [-0.39, 0.29) is 12.4 Å². The van der Waals surface area contributed by atoms with Crippen molar-refractivity contribution in [1.29, 1.82) is 0 Å². The lowest BCUT2D eigenvalue weighted by molar-refractivity contribution is 0.358. The van der Waals surface area contributed by atoms with Crippen molar-refractivity contribution < 1.29 is 4.52 Å². The Labute approximate surface area is 124 Å². The van der Waals surface area contributed by atoms with Crippen molar-refractivity contribution >= 4 is 39.7 Å². The van der Waals surface area contributed by atoms with Crippen LogP contribution >= 0.6 is 39.7 Å². The summed E-state index contributed by atoms with van der Waals surface area (Å²) < 4.78 is 6.35. The molecule has 1 unspecified atom stereocenters. The van der Waals surface area contributed by atoms with E-state index in [2.05, 4.69) is 31.4 Å². The van der Waals surface area contributed by atoms with E-state index in [1.807, 2.05) is 11.4 Å². The first-order chi connectivity index (χ1) is 8.31. The summed E-state index contributed by atoms with van der Waals surface area (Å²) in [7, 11) is 0. The van der Waals surface area contributed by atoms with Gasteiger partial charge in [0.15, 0.2) is 0 Å². The number of hydrogen-bond acceptors (Lipinski definition) is 5. The van der Waals surface area contributed by atoms with E-state index >= 15 is 0 Å². The van der Waals surface area contributed by atoms with Gasteiger partial charge < -0.3 is 9.84 Å². The SMILES string of the molecule is Brc1csc(-c2noc(CC3CCNC3)n2)c1.Cl. The largest absolute Gasteiger partial charge is 0.339 e. The molecular formula is C11H13BrClN3OS. The molecule has 0 aromatic carbocycles. The zero-order chi connectivity index (χ0) is 11.7. The summed E-state index contributed by atoms with van der Waals surface area (Å²) in [6.07, 6.45) is 2.08. The molecule has 3 rings (SSSR count). The summed E-state index contributed by atoms with van der Waals surface area (Å²) in [5.74, 6) is 2.08. The van der Waals surface area contributed by atoms with E-state index in [0.29, 0.717) is 11.7 Å². The van der Waals surface area contributed by atoms with Gasteiger partial charge in [0, 0.05) is 16.3 Å². The van der Waals surface area contributed by atoms with Crippen LogP contribution in [0.25, 0.3) is 10.7 Å². The fraction of sp³-hybridized carbons (Fsp3) is 0.455. The summed E-state index contributed by atoms with van der Waals surface area (Å²) in [5, 5.41) is 9.39. The quantitative estimate of drug-likeness (QED) is 0.924. The second-order valence-corrected chi connectivity index (χ2v) is 6.03. The van der Waals surface area contributed by atoms with Gasteiger partial charge in [-0.1, -0.05) is 5.16 Å². The van der Waals surface area contributed by atoms with Crippen molar-refractivity contribution in [3.63, 3.8) is 0 Å². The molecule has 0 aliphatic carbocycles. The van der Waals surface area contributed by atoms with E-state index in [4.69, 9.17) is 4.52 Å². The molecule has 4 nitrogen and oxygen atoms in total. The van der Waals surface area contributed by atoms with Crippen molar-refractivity contribution in [1.82, 2.24) is 15.5 Å². The number of thiophene rings is 1. The minimum Gasteiger partial charge on any atom is -0.339 e. The van der Waals surface area contributed by atoms with Crippen LogP contribution in [0, 0.1) is 5.92 Å². The first kappa shape index (κ1) is 14.0. The second-order valence-electron chi connectivity index (χ2n) is 4.20. The predicted octanol–water partition coefficient (Wildman–Crippen LogP) is 3.13. The Bertz CT molecular complexity index is 510. The topological polar surface area (TPSA) is 51.0 Å². The maximum Gasteiger partial charge on any atom is 0.227 e. The van der Waals surface area contributed by atoms with Crippen LogP contribution in [0.15, 0.2) is 20.4 Å². The molecule has 18 heavy (non-hydrogen) atoms. The Balaban J connectivity index is 0.00000120. The van der Waals surface area contributed by atoms with Crippen LogP contribution in [0.5, 0.6) is 0 Å². The average Bonchev–Trinajstić information content (AvgIpc) is 2.99. The molecular weight excluding hydrogens is 338 g/mol. The third kappa shape index (κ3) is 3.12. The van der Waals surface area contributed by atoms with Crippen molar-refractivity contribution in [3.8, 4) is 10.7 Å². The van der Waals surface area contributed by atoms with Crippen LogP contribution in [0.1, 0.15) is 12.3 Å². The number of nitrogens with one attached hydrogen (secondary N) is 1. The number of halogens is 2. The molecule has 1 saturated heterocycles. The number of aromatic nitrogens is 2. The first-order valence-corrected chi connectivity index (χ1v) is 7.26. The molecule has 1 aliphatic rings. The van der Waals surface area contributed by atoms with Crippen molar-refractivity contribution in [2.24, 2.45) is 5.92 Å². The lowest BCUT2D eigenvalue weighted by Crippen LogP contribution is -2.10. The number of rotatable bonds is 3. The summed E-state index contributed by atoms with van der Waals surface area (Å²) in [5.41, 5.74) is 0. The highest BCUT2D eigenvalue weighted by atomic mass is 79.9. The van der Waals surface area contributed by atoms with Gasteiger partial charge in [0.2, 0.25) is 11.7 Å². The number of hydrogen-bond donors (Lipinski definition) is 1. The Morgan fingerprint density at radius 1 is 1.56 bits per heavy atom. The van der Waals surface area contributed by atoms with E-state index < -0.39 is 0 Å². The van der Waals surface area contributed by atoms with E-state index in [9.17, 15) is 0 Å². The lowest BCUT2D eigenvalue weighted by atomic mass is 10.1. The van der Waals surface area contributed by atoms with E-state index in [1.54, 1.807) is 11.3 Å². The molecule has 0 bridgehead atoms. The molecule has 0 spiro atoms. The normalized spacial score (nSPS) is 18.8. The average molecular weight is 351 g/mol. The molecule has 0 saturated carbocycles. The highest BCUT2D eigenvalue weighted by molar-refractivity contribution is 9.10. The molecule has 0 radical (unpaired) electrons. The monoisotopic (exact) mass is 349 g/mol. The molecule has 2 aromatic rings. The maximum atomic E-state index is 5.29. The van der Waals surface area contributed by atoms with Crippen LogP contribution in [0.4, 0.5) is 0 Å². The van der Waals surface area contributed by atoms with Gasteiger partial charge in [0.25, 0.3) is 0 Å². The second kappa shape index (κ2) is 6.14. The van der Waals surface area contributed by atoms with Gasteiger partial charge >= 0.3 is 0 Å². The molecule has 0 amide bonds. The van der Waals surface area contributed by atoms with Crippen molar-refractivity contribution in [2.45, 2.75) is 12.8 Å². The van der Waals surface area contributed by atoms with Gasteiger partial charge in [0.05, 0.1) is 4.88 Å². The Morgan fingerprint density at radius 3 is 3.11 bits per heavy atom. The summed E-state index contributed by atoms with van der Waals surface area (Å²) in [4.78, 5) is 5.48. The lowest BCUT2D eigenvalue weighted by Gasteiger charge is -2.01. The summed E-state index contributed by atoms with van der Waals surface area (Å²) in [6.45, 7) is 2.16. The number of nitrogens with zero attached hydrogens (tertiary/aromatic N) is 2. The molecule has 1 atom stereocenters. The summed E-state index contributed by atoms with van der Waals surface area (Å²) in [6, 6.07) is 2.01. The fourth-order valence-electron chi connectivity index (χ4n) is 2.00. The third-order valence-corrected chi connectivity index (χ3v) is 4.57. The molecule has 7 heteroatoms. The van der Waals surface area contributed by atoms with Crippen molar-refractivity contribution in [2.75, 3.05) is 13.1 Å². The summed E-state index contributed by atoms with van der Waals surface area (Å²) >= 11 is 5.04. The van der Waals surface area contributed by atoms with Gasteiger partial charge in [-0.15, -0.1) is 23.7 Å². The highest BCUT2D eigenvalue weighted by Gasteiger charge is 2.19. The van der Waals surface area contributed by atoms with Crippen LogP contribution in [0.3, 0.4) is 0 Å². The fourth-order valence-corrected chi connectivity index (χ4v) is 3.36. The molecule has 1 N–H and O–H groups in total. The van der Waals surface area contributed by atoms with Crippen LogP contribution < -0.4 is 5.32 Å². The molecule has 3 heterocycles. The van der Waals surface area contributed by atoms with Gasteiger partial charge in [0.1, 0.15) is 0 Å². The standard InChI is InChI=1S/C11H12BrN3OS.ClH/c12-8-4-9(17-6-8)11-14-10(16-15-11)3-7-1-2-13-5-7;/h4,6-7,13H,1-3,5H2;1H. The first-order valence-electron chi connectivity index (χ1n) is 5.59. The Morgan fingerprint density at radius 2 is 2.44 bits per heavy atom. The van der Waals surface area contributed by atoms with Crippen LogP contribution in [-0.4, -0.2) is 23.2 Å². The van der Waals surface area contributed by atoms with Gasteiger partial charge in [-0.25, -0.2) is 0 Å². The Hall–Kier alpha value is -0.430. The molecule has 1 fully saturated rings. The van der Waals surface area contributed by atoms with Gasteiger partial charge in [-0.05, 0) is 47.4 Å². The van der Waals surface area contributed by atoms with Crippen LogP contribution in [-0.2, 0) is 6.42 Å². The zero-order valence-electron chi connectivity index (χ0n) is 9.56. The van der Waals surface area contributed by atoms with Gasteiger partial charge in [-0.3, -0.25) is 0 Å². The third-order valence-electron chi connectivity index (χ3n) is 2.88. The van der Waals surface area contributed by atoms with E-state index in [0.717, 1.165) is 34.8 Å². The van der Waals surface area contributed by atoms with E-state index in [1.165, 1.54) is 6.42 Å². The van der Waals surface area contributed by atoms with Crippen molar-refractivity contribution in [3.05, 3.63) is 21.8 Å². The minimum atomic E-state index is 0. The Kier molecular flexibility index (Phi) is 4.77. The zero-order valence-corrected chi connectivity index (χ0v) is 12.8. The smallest absolute Gasteiger partial charge is 0.227 e. The maximum absolute atomic E-state index is 5.29.